The van der Waals surface area contributed by atoms with Crippen LogP contribution in [0.1, 0.15) is 16.1 Å². The standard InChI is InChI=1S/C17H22N4O4/c1-24-12-15(22)20-8-6-19(7-9-20)10-13-11-21-5-3-4-14(16(21)18-13)17(23)25-2/h3-5,11H,6-10,12H2,1-2H3. The summed E-state index contributed by atoms with van der Waals surface area (Å²) in [6.07, 6.45) is 3.78. The first-order chi connectivity index (χ1) is 12.1. The average molecular weight is 346 g/mol. The molecule has 3 rings (SSSR count). The van der Waals surface area contributed by atoms with Crippen LogP contribution < -0.4 is 0 Å². The van der Waals surface area contributed by atoms with Gasteiger partial charge in [0.25, 0.3) is 0 Å². The molecular weight excluding hydrogens is 324 g/mol. The molecule has 2 aromatic heterocycles. The second kappa shape index (κ2) is 7.62. The van der Waals surface area contributed by atoms with Gasteiger partial charge in [0.15, 0.2) is 5.65 Å². The minimum absolute atomic E-state index is 0.0256. The third kappa shape index (κ3) is 3.80. The van der Waals surface area contributed by atoms with Crippen LogP contribution in [0.2, 0.25) is 0 Å². The minimum Gasteiger partial charge on any atom is -0.465 e. The SMILES string of the molecule is COCC(=O)N1CCN(Cc2cn3cccc(C(=O)OC)c3n2)CC1. The van der Waals surface area contributed by atoms with Crippen LogP contribution in [0.3, 0.4) is 0 Å². The summed E-state index contributed by atoms with van der Waals surface area (Å²) >= 11 is 0. The Morgan fingerprint density at radius 2 is 1.96 bits per heavy atom. The second-order valence-electron chi connectivity index (χ2n) is 5.97. The Morgan fingerprint density at radius 1 is 1.20 bits per heavy atom. The van der Waals surface area contributed by atoms with Crippen molar-refractivity contribution in [3.05, 3.63) is 35.8 Å². The molecule has 1 aliphatic heterocycles. The van der Waals surface area contributed by atoms with Crippen molar-refractivity contribution < 1.29 is 19.1 Å². The molecule has 1 saturated heterocycles. The number of pyridine rings is 1. The summed E-state index contributed by atoms with van der Waals surface area (Å²) in [5, 5.41) is 0. The largest absolute Gasteiger partial charge is 0.465 e. The molecule has 0 unspecified atom stereocenters. The summed E-state index contributed by atoms with van der Waals surface area (Å²) in [4.78, 5) is 32.3. The number of hydrogen-bond donors (Lipinski definition) is 0. The monoisotopic (exact) mass is 346 g/mol. The highest BCUT2D eigenvalue weighted by Gasteiger charge is 2.22. The van der Waals surface area contributed by atoms with Crippen molar-refractivity contribution in [1.29, 1.82) is 0 Å². The van der Waals surface area contributed by atoms with Gasteiger partial charge < -0.3 is 18.8 Å². The third-order valence-electron chi connectivity index (χ3n) is 4.32. The van der Waals surface area contributed by atoms with Gasteiger partial charge in [-0.15, -0.1) is 0 Å². The molecule has 3 heterocycles. The zero-order valence-corrected chi connectivity index (χ0v) is 14.5. The molecule has 0 bridgehead atoms. The van der Waals surface area contributed by atoms with Gasteiger partial charge in [-0.3, -0.25) is 9.69 Å². The van der Waals surface area contributed by atoms with E-state index in [0.717, 1.165) is 18.8 Å². The van der Waals surface area contributed by atoms with E-state index in [2.05, 4.69) is 9.88 Å². The maximum Gasteiger partial charge on any atom is 0.341 e. The summed E-state index contributed by atoms with van der Waals surface area (Å²) in [6, 6.07) is 3.50. The summed E-state index contributed by atoms with van der Waals surface area (Å²) in [6.45, 7) is 3.74. The van der Waals surface area contributed by atoms with Crippen molar-refractivity contribution in [2.75, 3.05) is 47.0 Å². The molecule has 134 valence electrons. The number of carbonyl (C=O) groups excluding carboxylic acids is 2. The van der Waals surface area contributed by atoms with Crippen LogP contribution in [0.5, 0.6) is 0 Å². The number of imidazole rings is 1. The lowest BCUT2D eigenvalue weighted by Gasteiger charge is -2.34. The van der Waals surface area contributed by atoms with Crippen molar-refractivity contribution in [3.63, 3.8) is 0 Å². The van der Waals surface area contributed by atoms with Crippen molar-refractivity contribution in [3.8, 4) is 0 Å². The lowest BCUT2D eigenvalue weighted by atomic mass is 10.3. The van der Waals surface area contributed by atoms with Crippen molar-refractivity contribution >= 4 is 17.5 Å². The fourth-order valence-corrected chi connectivity index (χ4v) is 3.01. The second-order valence-corrected chi connectivity index (χ2v) is 5.97. The van der Waals surface area contributed by atoms with Gasteiger partial charge in [-0.05, 0) is 12.1 Å². The smallest absolute Gasteiger partial charge is 0.341 e. The Balaban J connectivity index is 1.66. The van der Waals surface area contributed by atoms with E-state index in [1.54, 1.807) is 12.1 Å². The number of carbonyl (C=O) groups is 2. The number of rotatable bonds is 5. The first-order valence-electron chi connectivity index (χ1n) is 8.16. The van der Waals surface area contributed by atoms with Crippen LogP contribution in [0.15, 0.2) is 24.5 Å². The van der Waals surface area contributed by atoms with Crippen LogP contribution >= 0.6 is 0 Å². The van der Waals surface area contributed by atoms with Crippen molar-refractivity contribution in [2.45, 2.75) is 6.54 Å². The molecule has 2 aromatic rings. The topological polar surface area (TPSA) is 76.4 Å². The summed E-state index contributed by atoms with van der Waals surface area (Å²) in [5.41, 5.74) is 1.93. The molecule has 0 aromatic carbocycles. The molecule has 8 nitrogen and oxygen atoms in total. The van der Waals surface area contributed by atoms with Crippen LogP contribution in [0.25, 0.3) is 5.65 Å². The van der Waals surface area contributed by atoms with Gasteiger partial charge in [0.1, 0.15) is 12.2 Å². The number of nitrogens with zero attached hydrogens (tertiary/aromatic N) is 4. The van der Waals surface area contributed by atoms with Crippen LogP contribution in [-0.2, 0) is 20.8 Å². The molecule has 25 heavy (non-hydrogen) atoms. The Labute approximate surface area is 145 Å². The van der Waals surface area contributed by atoms with Crippen LogP contribution in [0.4, 0.5) is 0 Å². The normalized spacial score (nSPS) is 15.5. The minimum atomic E-state index is -0.395. The fourth-order valence-electron chi connectivity index (χ4n) is 3.01. The maximum absolute atomic E-state index is 11.8. The highest BCUT2D eigenvalue weighted by molar-refractivity contribution is 5.95. The lowest BCUT2D eigenvalue weighted by Crippen LogP contribution is -2.49. The van der Waals surface area contributed by atoms with E-state index < -0.39 is 5.97 Å². The molecule has 0 atom stereocenters. The van der Waals surface area contributed by atoms with E-state index in [1.807, 2.05) is 21.7 Å². The summed E-state index contributed by atoms with van der Waals surface area (Å²) in [7, 11) is 2.89. The Morgan fingerprint density at radius 3 is 2.64 bits per heavy atom. The summed E-state index contributed by atoms with van der Waals surface area (Å²) in [5.74, 6) is -0.370. The molecule has 8 heteroatoms. The van der Waals surface area contributed by atoms with Crippen molar-refractivity contribution in [2.24, 2.45) is 0 Å². The number of methoxy groups -OCH3 is 2. The van der Waals surface area contributed by atoms with Gasteiger partial charge in [0.2, 0.25) is 5.91 Å². The zero-order chi connectivity index (χ0) is 17.8. The van der Waals surface area contributed by atoms with E-state index in [1.165, 1.54) is 14.2 Å². The van der Waals surface area contributed by atoms with Gasteiger partial charge in [-0.25, -0.2) is 9.78 Å². The van der Waals surface area contributed by atoms with Gasteiger partial charge in [0.05, 0.1) is 12.8 Å². The number of hydrogen-bond acceptors (Lipinski definition) is 6. The van der Waals surface area contributed by atoms with Gasteiger partial charge in [-0.2, -0.15) is 0 Å². The highest BCUT2D eigenvalue weighted by Crippen LogP contribution is 2.14. The average Bonchev–Trinajstić information content (AvgIpc) is 3.04. The van der Waals surface area contributed by atoms with Crippen LogP contribution in [-0.4, -0.2) is 78.1 Å². The maximum atomic E-state index is 11.8. The summed E-state index contributed by atoms with van der Waals surface area (Å²) < 4.78 is 11.5. The number of piperazine rings is 1. The highest BCUT2D eigenvalue weighted by atomic mass is 16.5. The number of esters is 1. The predicted octanol–water partition coefficient (Wildman–Crippen LogP) is 0.412. The molecule has 1 aliphatic rings. The van der Waals surface area contributed by atoms with E-state index in [9.17, 15) is 9.59 Å². The lowest BCUT2D eigenvalue weighted by molar-refractivity contribution is -0.136. The molecule has 0 N–H and O–H groups in total. The van der Waals surface area contributed by atoms with Gasteiger partial charge in [-0.1, -0.05) is 0 Å². The Kier molecular flexibility index (Phi) is 5.30. The van der Waals surface area contributed by atoms with Gasteiger partial charge >= 0.3 is 5.97 Å². The first-order valence-corrected chi connectivity index (χ1v) is 8.16. The number of amides is 1. The molecule has 0 saturated carbocycles. The molecular formula is C17H22N4O4. The number of ether oxygens (including phenoxy) is 2. The molecule has 0 spiro atoms. The number of aromatic nitrogens is 2. The Hall–Kier alpha value is -2.45. The van der Waals surface area contributed by atoms with E-state index in [4.69, 9.17) is 9.47 Å². The predicted molar refractivity (Wildman–Crippen MR) is 90.3 cm³/mol. The first kappa shape index (κ1) is 17.4. The quantitative estimate of drug-likeness (QED) is 0.730. The molecule has 0 radical (unpaired) electrons. The zero-order valence-electron chi connectivity index (χ0n) is 14.5. The Bertz CT molecular complexity index is 765. The molecule has 1 fully saturated rings. The van der Waals surface area contributed by atoms with E-state index >= 15 is 0 Å². The fraction of sp³-hybridized carbons (Fsp3) is 0.471. The number of fused-ring (bicyclic) bond motifs is 1. The molecule has 1 amide bonds. The van der Waals surface area contributed by atoms with Crippen LogP contribution in [0, 0.1) is 0 Å². The van der Waals surface area contributed by atoms with Crippen molar-refractivity contribution in [1.82, 2.24) is 19.2 Å². The van der Waals surface area contributed by atoms with E-state index in [0.29, 0.717) is 30.8 Å². The molecule has 0 aliphatic carbocycles. The van der Waals surface area contributed by atoms with E-state index in [-0.39, 0.29) is 12.5 Å². The third-order valence-corrected chi connectivity index (χ3v) is 4.32. The van der Waals surface area contributed by atoms with Gasteiger partial charge in [0, 0.05) is 52.2 Å².